The van der Waals surface area contributed by atoms with Gasteiger partial charge in [0.2, 0.25) is 0 Å². The van der Waals surface area contributed by atoms with E-state index in [4.69, 9.17) is 16.6 Å². The lowest BCUT2D eigenvalue weighted by Gasteiger charge is -2.08. The van der Waals surface area contributed by atoms with Crippen molar-refractivity contribution in [3.8, 4) is 0 Å². The van der Waals surface area contributed by atoms with Gasteiger partial charge in [0.15, 0.2) is 5.65 Å². The van der Waals surface area contributed by atoms with Gasteiger partial charge in [0.05, 0.1) is 10.7 Å². The summed E-state index contributed by atoms with van der Waals surface area (Å²) in [6, 6.07) is 3.96. The summed E-state index contributed by atoms with van der Waals surface area (Å²) in [5.74, 6) is 0. The van der Waals surface area contributed by atoms with E-state index < -0.39 is 0 Å². The Morgan fingerprint density at radius 2 is 1.55 bits per heavy atom. The quantitative estimate of drug-likeness (QED) is 0.651. The Labute approximate surface area is 126 Å². The van der Waals surface area contributed by atoms with Crippen LogP contribution in [0.4, 0.5) is 0 Å². The number of aryl methyl sites for hydroxylation is 2. The summed E-state index contributed by atoms with van der Waals surface area (Å²) in [5, 5.41) is 0.768. The number of pyridine rings is 1. The summed E-state index contributed by atoms with van der Waals surface area (Å²) < 4.78 is 2.21. The largest absolute Gasteiger partial charge is 0.303 e. The Hall–Kier alpha value is -1.02. The van der Waals surface area contributed by atoms with Gasteiger partial charge in [-0.2, -0.15) is 0 Å². The molecule has 0 spiro atoms. The van der Waals surface area contributed by atoms with Crippen molar-refractivity contribution in [1.82, 2.24) is 9.38 Å². The highest BCUT2D eigenvalue weighted by atomic mass is 35.5. The van der Waals surface area contributed by atoms with Gasteiger partial charge in [-0.25, -0.2) is 4.98 Å². The predicted molar refractivity (Wildman–Crippen MR) is 84.5 cm³/mol. The third kappa shape index (κ3) is 3.01. The zero-order valence-corrected chi connectivity index (χ0v) is 12.8. The third-order valence-electron chi connectivity index (χ3n) is 4.36. The van der Waals surface area contributed by atoms with Gasteiger partial charge >= 0.3 is 0 Å². The second kappa shape index (κ2) is 6.62. The number of nitrogens with zero attached hydrogens (tertiary/aromatic N) is 2. The van der Waals surface area contributed by atoms with Crippen LogP contribution in [0.15, 0.2) is 18.3 Å². The molecule has 2 nitrogen and oxygen atoms in total. The molecule has 0 radical (unpaired) electrons. The molecule has 0 aromatic carbocycles. The van der Waals surface area contributed by atoms with Gasteiger partial charge in [-0.1, -0.05) is 50.1 Å². The standard InChI is InChI=1S/C17H23ClN2/c18-14-10-9-13-20-16-12-8-6-4-2-1-3-5-7-11-15(16)19-17(14)20/h9-10,13H,1-8,11-12H2. The highest BCUT2D eigenvalue weighted by molar-refractivity contribution is 6.33. The van der Waals surface area contributed by atoms with E-state index >= 15 is 0 Å². The average Bonchev–Trinajstić information content (AvgIpc) is 2.78. The topological polar surface area (TPSA) is 17.3 Å². The maximum atomic E-state index is 6.29. The van der Waals surface area contributed by atoms with Crippen LogP contribution in [0, 0.1) is 0 Å². The molecule has 0 saturated carbocycles. The van der Waals surface area contributed by atoms with Gasteiger partial charge in [-0.05, 0) is 37.8 Å². The zero-order valence-electron chi connectivity index (χ0n) is 12.1. The van der Waals surface area contributed by atoms with Crippen LogP contribution in [0.3, 0.4) is 0 Å². The maximum Gasteiger partial charge on any atom is 0.156 e. The Bertz CT molecular complexity index is 574. The normalized spacial score (nSPS) is 18.2. The lowest BCUT2D eigenvalue weighted by Crippen LogP contribution is -1.99. The summed E-state index contributed by atoms with van der Waals surface area (Å²) in [6.45, 7) is 0. The van der Waals surface area contributed by atoms with Gasteiger partial charge < -0.3 is 4.40 Å². The van der Waals surface area contributed by atoms with Crippen LogP contribution in [0.25, 0.3) is 5.65 Å². The molecule has 0 amide bonds. The van der Waals surface area contributed by atoms with Crippen molar-refractivity contribution in [2.75, 3.05) is 0 Å². The second-order valence-corrected chi connectivity index (χ2v) is 6.29. The molecule has 1 aliphatic rings. The smallest absolute Gasteiger partial charge is 0.156 e. The van der Waals surface area contributed by atoms with Gasteiger partial charge in [0.25, 0.3) is 0 Å². The zero-order chi connectivity index (χ0) is 13.8. The van der Waals surface area contributed by atoms with E-state index in [0.717, 1.165) is 23.5 Å². The van der Waals surface area contributed by atoms with E-state index in [2.05, 4.69) is 10.6 Å². The highest BCUT2D eigenvalue weighted by Gasteiger charge is 2.13. The first-order valence-corrected chi connectivity index (χ1v) is 8.38. The molecule has 20 heavy (non-hydrogen) atoms. The molecule has 0 saturated heterocycles. The fraction of sp³-hybridized carbons (Fsp3) is 0.588. The molecule has 3 rings (SSSR count). The lowest BCUT2D eigenvalue weighted by molar-refractivity contribution is 0.555. The van der Waals surface area contributed by atoms with E-state index in [-0.39, 0.29) is 0 Å². The summed E-state index contributed by atoms with van der Waals surface area (Å²) in [4.78, 5) is 4.81. The first-order valence-electron chi connectivity index (χ1n) is 8.00. The summed E-state index contributed by atoms with van der Waals surface area (Å²) in [5.41, 5.74) is 3.61. The van der Waals surface area contributed by atoms with Crippen LogP contribution >= 0.6 is 11.6 Å². The highest BCUT2D eigenvalue weighted by Crippen LogP contribution is 2.24. The molecule has 0 atom stereocenters. The molecule has 0 bridgehead atoms. The number of halogens is 1. The van der Waals surface area contributed by atoms with E-state index in [1.165, 1.54) is 62.8 Å². The number of hydrogen-bond acceptors (Lipinski definition) is 1. The number of fused-ring (bicyclic) bond motifs is 3. The third-order valence-corrected chi connectivity index (χ3v) is 4.66. The fourth-order valence-corrected chi connectivity index (χ4v) is 3.45. The number of rotatable bonds is 0. The summed E-state index contributed by atoms with van der Waals surface area (Å²) in [7, 11) is 0. The SMILES string of the molecule is Clc1cccn2c3c(nc12)CCCCCCCCCC3. The van der Waals surface area contributed by atoms with Gasteiger partial charge in [0, 0.05) is 11.9 Å². The number of imidazole rings is 1. The van der Waals surface area contributed by atoms with Crippen LogP contribution in [0.5, 0.6) is 0 Å². The molecule has 2 heterocycles. The molecule has 108 valence electrons. The molecule has 0 unspecified atom stereocenters. The van der Waals surface area contributed by atoms with Crippen LogP contribution in [-0.2, 0) is 12.8 Å². The van der Waals surface area contributed by atoms with Crippen molar-refractivity contribution in [2.45, 2.75) is 64.2 Å². The minimum atomic E-state index is 0.768. The second-order valence-electron chi connectivity index (χ2n) is 5.88. The monoisotopic (exact) mass is 290 g/mol. The Balaban J connectivity index is 1.92. The fourth-order valence-electron chi connectivity index (χ4n) is 3.24. The van der Waals surface area contributed by atoms with E-state index in [0.29, 0.717) is 0 Å². The maximum absolute atomic E-state index is 6.29. The molecule has 2 aromatic rings. The van der Waals surface area contributed by atoms with Crippen LogP contribution in [-0.4, -0.2) is 9.38 Å². The average molecular weight is 291 g/mol. The van der Waals surface area contributed by atoms with Crippen molar-refractivity contribution in [3.63, 3.8) is 0 Å². The Morgan fingerprint density at radius 1 is 0.900 bits per heavy atom. The van der Waals surface area contributed by atoms with Gasteiger partial charge in [0.1, 0.15) is 0 Å². The van der Waals surface area contributed by atoms with E-state index in [1.807, 2.05) is 12.1 Å². The van der Waals surface area contributed by atoms with Crippen molar-refractivity contribution >= 4 is 17.2 Å². The Morgan fingerprint density at radius 3 is 2.30 bits per heavy atom. The molecule has 3 heteroatoms. The molecular weight excluding hydrogens is 268 g/mol. The van der Waals surface area contributed by atoms with Crippen molar-refractivity contribution < 1.29 is 0 Å². The lowest BCUT2D eigenvalue weighted by atomic mass is 10.0. The van der Waals surface area contributed by atoms with Gasteiger partial charge in [-0.15, -0.1) is 0 Å². The van der Waals surface area contributed by atoms with E-state index in [9.17, 15) is 0 Å². The van der Waals surface area contributed by atoms with Crippen molar-refractivity contribution in [1.29, 1.82) is 0 Å². The van der Waals surface area contributed by atoms with Gasteiger partial charge in [-0.3, -0.25) is 0 Å². The minimum Gasteiger partial charge on any atom is -0.303 e. The van der Waals surface area contributed by atoms with Crippen LogP contribution < -0.4 is 0 Å². The van der Waals surface area contributed by atoms with Crippen molar-refractivity contribution in [2.24, 2.45) is 0 Å². The van der Waals surface area contributed by atoms with Crippen molar-refractivity contribution in [3.05, 3.63) is 34.7 Å². The molecule has 1 aliphatic carbocycles. The minimum absolute atomic E-state index is 0.768. The molecule has 2 aromatic heterocycles. The first-order chi connectivity index (χ1) is 9.86. The molecule has 0 fully saturated rings. The summed E-state index contributed by atoms with van der Waals surface area (Å²) in [6.07, 6.45) is 15.1. The van der Waals surface area contributed by atoms with Crippen LogP contribution in [0.1, 0.15) is 62.8 Å². The summed E-state index contributed by atoms with van der Waals surface area (Å²) >= 11 is 6.29. The first kappa shape index (κ1) is 13.9. The van der Waals surface area contributed by atoms with E-state index in [1.54, 1.807) is 0 Å². The predicted octanol–water partition coefficient (Wildman–Crippen LogP) is 5.21. The molecule has 0 aliphatic heterocycles. The Kier molecular flexibility index (Phi) is 4.62. The number of hydrogen-bond donors (Lipinski definition) is 0. The number of aromatic nitrogens is 2. The molecule has 0 N–H and O–H groups in total. The molecular formula is C17H23ClN2. The van der Waals surface area contributed by atoms with Crippen LogP contribution in [0.2, 0.25) is 5.02 Å².